The Morgan fingerprint density at radius 1 is 0.435 bits per heavy atom. The van der Waals surface area contributed by atoms with Gasteiger partial charge in [-0.3, -0.25) is 9.59 Å². The fourth-order valence-electron chi connectivity index (χ4n) is 6.32. The molecule has 0 aliphatic heterocycles. The number of unbranched alkanes of at least 4 members (excludes halogenated alkanes) is 28. The number of likely N-dealkylation sites (N-methyl/N-ethyl adjacent to an activating group) is 1. The van der Waals surface area contributed by atoms with Crippen LogP contribution in [0.5, 0.6) is 0 Å². The average Bonchev–Trinajstić information content (AvgIpc) is 3.03. The van der Waals surface area contributed by atoms with Gasteiger partial charge in [-0.05, 0) is 26.9 Å². The monoisotopic (exact) mass is 652 g/mol. The zero-order chi connectivity index (χ0) is 33.8. The molecule has 0 aromatic heterocycles. The lowest BCUT2D eigenvalue weighted by atomic mass is 10.0. The number of ether oxygens (including phenoxy) is 2. The average molecular weight is 652 g/mol. The molecular weight excluding hydrogens is 570 g/mol. The summed E-state index contributed by atoms with van der Waals surface area (Å²) in [5, 5.41) is 0. The summed E-state index contributed by atoms with van der Waals surface area (Å²) in [6.07, 6.45) is 39.9. The topological polar surface area (TPSA) is 55.8 Å². The lowest BCUT2D eigenvalue weighted by Crippen LogP contribution is -2.34. The third-order valence-corrected chi connectivity index (χ3v) is 9.27. The fraction of sp³-hybridized carbons (Fsp3) is 0.951. The van der Waals surface area contributed by atoms with E-state index in [1.807, 2.05) is 19.0 Å². The summed E-state index contributed by atoms with van der Waals surface area (Å²) in [4.78, 5) is 26.7. The first kappa shape index (κ1) is 44.9. The standard InChI is InChI=1S/C41H81NO4/c1-5-7-9-11-13-15-17-19-21-23-25-27-29-31-33-35-40(43)45-38-39(37-42(3)4)46-41(44)36-34-32-30-28-26-24-22-20-18-16-14-12-10-8-6-2/h39H,5-38H2,1-4H3. The maximum Gasteiger partial charge on any atom is 0.306 e. The van der Waals surface area contributed by atoms with Gasteiger partial charge in [0.15, 0.2) is 0 Å². The Hall–Kier alpha value is -1.10. The maximum atomic E-state index is 12.5. The Morgan fingerprint density at radius 2 is 0.717 bits per heavy atom. The number of carbonyl (C=O) groups is 2. The van der Waals surface area contributed by atoms with Crippen LogP contribution in [0.1, 0.15) is 219 Å². The molecule has 5 nitrogen and oxygen atoms in total. The Morgan fingerprint density at radius 3 is 1.02 bits per heavy atom. The molecule has 0 heterocycles. The van der Waals surface area contributed by atoms with Crippen LogP contribution in [0.2, 0.25) is 0 Å². The predicted octanol–water partition coefficient (Wildman–Crippen LogP) is 12.5. The first-order valence-corrected chi connectivity index (χ1v) is 20.5. The number of carbonyl (C=O) groups excluding carboxylic acids is 2. The molecule has 0 aliphatic carbocycles. The SMILES string of the molecule is CCCCCCCCCCCCCCCCCC(=O)OCC(CN(C)C)OC(=O)CCCCCCCCCCCCCCCCC. The third kappa shape index (κ3) is 35.7. The van der Waals surface area contributed by atoms with Gasteiger partial charge in [0.1, 0.15) is 12.7 Å². The highest BCUT2D eigenvalue weighted by Gasteiger charge is 2.18. The molecule has 0 aromatic carbocycles. The van der Waals surface area contributed by atoms with Crippen molar-refractivity contribution in [2.75, 3.05) is 27.2 Å². The van der Waals surface area contributed by atoms with Crippen molar-refractivity contribution in [1.82, 2.24) is 4.90 Å². The molecule has 0 aliphatic rings. The van der Waals surface area contributed by atoms with E-state index < -0.39 is 6.10 Å². The molecule has 1 atom stereocenters. The number of rotatable bonds is 37. The fourth-order valence-corrected chi connectivity index (χ4v) is 6.32. The lowest BCUT2D eigenvalue weighted by molar-refractivity contribution is -0.160. The van der Waals surface area contributed by atoms with Gasteiger partial charge in [-0.25, -0.2) is 0 Å². The van der Waals surface area contributed by atoms with Crippen LogP contribution in [0.3, 0.4) is 0 Å². The second-order valence-corrected chi connectivity index (χ2v) is 14.5. The molecule has 274 valence electrons. The Bertz CT molecular complexity index is 638. The summed E-state index contributed by atoms with van der Waals surface area (Å²) in [5.41, 5.74) is 0. The van der Waals surface area contributed by atoms with E-state index in [1.165, 1.54) is 167 Å². The van der Waals surface area contributed by atoms with Gasteiger partial charge < -0.3 is 14.4 Å². The summed E-state index contributed by atoms with van der Waals surface area (Å²) in [7, 11) is 3.90. The van der Waals surface area contributed by atoms with Crippen LogP contribution in [0.15, 0.2) is 0 Å². The van der Waals surface area contributed by atoms with Crippen LogP contribution in [-0.4, -0.2) is 50.2 Å². The molecule has 0 saturated heterocycles. The van der Waals surface area contributed by atoms with Gasteiger partial charge in [-0.15, -0.1) is 0 Å². The molecule has 1 unspecified atom stereocenters. The van der Waals surface area contributed by atoms with Gasteiger partial charge >= 0.3 is 11.9 Å². The van der Waals surface area contributed by atoms with Crippen molar-refractivity contribution in [2.24, 2.45) is 0 Å². The summed E-state index contributed by atoms with van der Waals surface area (Å²) in [5.74, 6) is -0.336. The zero-order valence-corrected chi connectivity index (χ0v) is 31.7. The minimum atomic E-state index is -0.399. The minimum Gasteiger partial charge on any atom is -0.462 e. The van der Waals surface area contributed by atoms with Gasteiger partial charge in [0.2, 0.25) is 0 Å². The van der Waals surface area contributed by atoms with E-state index in [9.17, 15) is 9.59 Å². The smallest absolute Gasteiger partial charge is 0.306 e. The van der Waals surface area contributed by atoms with E-state index in [1.54, 1.807) is 0 Å². The Kier molecular flexibility index (Phi) is 35.9. The Balaban J connectivity index is 3.70. The van der Waals surface area contributed by atoms with Crippen LogP contribution in [-0.2, 0) is 19.1 Å². The summed E-state index contributed by atoms with van der Waals surface area (Å²) < 4.78 is 11.2. The highest BCUT2D eigenvalue weighted by Crippen LogP contribution is 2.16. The van der Waals surface area contributed by atoms with Gasteiger partial charge in [-0.1, -0.05) is 194 Å². The molecular formula is C41H81NO4. The van der Waals surface area contributed by atoms with Gasteiger partial charge in [0.25, 0.3) is 0 Å². The minimum absolute atomic E-state index is 0.153. The van der Waals surface area contributed by atoms with E-state index >= 15 is 0 Å². The van der Waals surface area contributed by atoms with Crippen molar-refractivity contribution in [2.45, 2.75) is 225 Å². The number of esters is 2. The van der Waals surface area contributed by atoms with Crippen molar-refractivity contribution in [1.29, 1.82) is 0 Å². The zero-order valence-electron chi connectivity index (χ0n) is 31.7. The molecule has 0 aromatic rings. The normalized spacial score (nSPS) is 12.1. The largest absolute Gasteiger partial charge is 0.462 e. The van der Waals surface area contributed by atoms with Gasteiger partial charge in [0, 0.05) is 19.4 Å². The molecule has 0 saturated carbocycles. The molecule has 5 heteroatoms. The molecule has 0 spiro atoms. The predicted molar refractivity (Wildman–Crippen MR) is 198 cm³/mol. The van der Waals surface area contributed by atoms with Gasteiger partial charge in [-0.2, -0.15) is 0 Å². The number of hydrogen-bond donors (Lipinski definition) is 0. The molecule has 0 radical (unpaired) electrons. The van der Waals surface area contributed by atoms with Gasteiger partial charge in [0.05, 0.1) is 0 Å². The molecule has 0 amide bonds. The van der Waals surface area contributed by atoms with Crippen molar-refractivity contribution in [3.63, 3.8) is 0 Å². The van der Waals surface area contributed by atoms with Crippen LogP contribution in [0, 0.1) is 0 Å². The second-order valence-electron chi connectivity index (χ2n) is 14.5. The summed E-state index contributed by atoms with van der Waals surface area (Å²) in [6.45, 7) is 5.28. The third-order valence-electron chi connectivity index (χ3n) is 9.27. The Labute approximate surface area is 288 Å². The van der Waals surface area contributed by atoms with Crippen LogP contribution < -0.4 is 0 Å². The second kappa shape index (κ2) is 36.7. The van der Waals surface area contributed by atoms with E-state index in [4.69, 9.17) is 9.47 Å². The van der Waals surface area contributed by atoms with E-state index in [-0.39, 0.29) is 18.5 Å². The van der Waals surface area contributed by atoms with Crippen molar-refractivity contribution >= 4 is 11.9 Å². The van der Waals surface area contributed by atoms with E-state index in [0.29, 0.717) is 19.4 Å². The van der Waals surface area contributed by atoms with Crippen LogP contribution in [0.4, 0.5) is 0 Å². The van der Waals surface area contributed by atoms with Crippen molar-refractivity contribution in [3.8, 4) is 0 Å². The number of hydrogen-bond acceptors (Lipinski definition) is 5. The molecule has 0 fully saturated rings. The van der Waals surface area contributed by atoms with E-state index in [0.717, 1.165) is 25.7 Å². The molecule has 0 bridgehead atoms. The van der Waals surface area contributed by atoms with Crippen molar-refractivity contribution in [3.05, 3.63) is 0 Å². The first-order valence-electron chi connectivity index (χ1n) is 20.5. The van der Waals surface area contributed by atoms with Crippen molar-refractivity contribution < 1.29 is 19.1 Å². The molecule has 0 N–H and O–H groups in total. The summed E-state index contributed by atoms with van der Waals surface area (Å²) in [6, 6.07) is 0. The molecule has 46 heavy (non-hydrogen) atoms. The maximum absolute atomic E-state index is 12.5. The lowest BCUT2D eigenvalue weighted by Gasteiger charge is -2.21. The quantitative estimate of drug-likeness (QED) is 0.0494. The first-order chi connectivity index (χ1) is 22.5. The number of nitrogens with zero attached hydrogens (tertiary/aromatic N) is 1. The highest BCUT2D eigenvalue weighted by molar-refractivity contribution is 5.70. The van der Waals surface area contributed by atoms with E-state index in [2.05, 4.69) is 13.8 Å². The highest BCUT2D eigenvalue weighted by atomic mass is 16.6. The summed E-state index contributed by atoms with van der Waals surface area (Å²) >= 11 is 0. The van der Waals surface area contributed by atoms with Crippen LogP contribution >= 0.6 is 0 Å². The molecule has 0 rings (SSSR count). The van der Waals surface area contributed by atoms with Crippen LogP contribution in [0.25, 0.3) is 0 Å².